The van der Waals surface area contributed by atoms with Crippen molar-refractivity contribution in [1.29, 1.82) is 0 Å². The molecule has 1 fully saturated rings. The van der Waals surface area contributed by atoms with Crippen LogP contribution in [0.5, 0.6) is 0 Å². The summed E-state index contributed by atoms with van der Waals surface area (Å²) in [5, 5.41) is 16.0. The summed E-state index contributed by atoms with van der Waals surface area (Å²) in [6, 6.07) is 14.7. The van der Waals surface area contributed by atoms with E-state index in [1.165, 1.54) is 17.8 Å². The molecule has 0 amide bonds. The summed E-state index contributed by atoms with van der Waals surface area (Å²) in [5.74, 6) is 1.02. The number of likely N-dealkylation sites (N-methyl/N-ethyl adjacent to an activating group) is 1. The molecular formula is C27H37N7O3S. The van der Waals surface area contributed by atoms with Crippen LogP contribution in [0.25, 0.3) is 0 Å². The highest BCUT2D eigenvalue weighted by Crippen LogP contribution is 2.26. The van der Waals surface area contributed by atoms with E-state index in [1.807, 2.05) is 26.0 Å². The summed E-state index contributed by atoms with van der Waals surface area (Å²) in [6.07, 6.45) is 0. The van der Waals surface area contributed by atoms with E-state index < -0.39 is 15.6 Å². The molecule has 0 unspecified atom stereocenters. The number of nitrogens with zero attached hydrogens (tertiary/aromatic N) is 4. The van der Waals surface area contributed by atoms with Gasteiger partial charge in [-0.2, -0.15) is 4.98 Å². The van der Waals surface area contributed by atoms with E-state index >= 15 is 0 Å². The van der Waals surface area contributed by atoms with Gasteiger partial charge in [0, 0.05) is 54.5 Å². The van der Waals surface area contributed by atoms with Gasteiger partial charge in [0.1, 0.15) is 5.82 Å². The molecule has 0 aliphatic carbocycles. The molecule has 1 aliphatic rings. The molecule has 4 rings (SSSR count). The maximum Gasteiger partial charge on any atom is 0.241 e. The number of aliphatic hydroxyl groups excluding tert-OH is 1. The molecule has 10 nitrogen and oxygen atoms in total. The van der Waals surface area contributed by atoms with Crippen LogP contribution in [0.15, 0.2) is 53.4 Å². The largest absolute Gasteiger partial charge is 0.394 e. The number of aryl methyl sites for hydroxylation is 1. The molecule has 2 heterocycles. The Hall–Kier alpha value is -3.25. The fraction of sp³-hybridized carbons (Fsp3) is 0.407. The minimum Gasteiger partial charge on any atom is -0.394 e. The van der Waals surface area contributed by atoms with Crippen molar-refractivity contribution in [3.05, 3.63) is 59.8 Å². The highest BCUT2D eigenvalue weighted by Gasteiger charge is 2.25. The average molecular weight is 540 g/mol. The third-order valence-electron chi connectivity index (χ3n) is 6.59. The van der Waals surface area contributed by atoms with E-state index in [-0.39, 0.29) is 11.5 Å². The number of rotatable bonds is 9. The fourth-order valence-corrected chi connectivity index (χ4v) is 5.54. The van der Waals surface area contributed by atoms with Crippen LogP contribution in [0.3, 0.4) is 0 Å². The van der Waals surface area contributed by atoms with E-state index in [1.54, 1.807) is 26.0 Å². The third kappa shape index (κ3) is 6.79. The molecule has 0 saturated carbocycles. The quantitative estimate of drug-likeness (QED) is 0.324. The van der Waals surface area contributed by atoms with Gasteiger partial charge < -0.3 is 25.5 Å². The molecule has 1 aromatic heterocycles. The monoisotopic (exact) mass is 539 g/mol. The van der Waals surface area contributed by atoms with Crippen molar-refractivity contribution in [3.8, 4) is 0 Å². The van der Waals surface area contributed by atoms with Gasteiger partial charge in [0.05, 0.1) is 17.0 Å². The lowest BCUT2D eigenvalue weighted by atomic mass is 10.1. The molecule has 11 heteroatoms. The molecule has 0 radical (unpaired) electrons. The number of aromatic nitrogens is 2. The maximum absolute atomic E-state index is 12.8. The second-order valence-corrected chi connectivity index (χ2v) is 12.1. The van der Waals surface area contributed by atoms with Gasteiger partial charge >= 0.3 is 0 Å². The number of hydrogen-bond donors (Lipinski definition) is 4. The van der Waals surface area contributed by atoms with Gasteiger partial charge in [-0.3, -0.25) is 0 Å². The van der Waals surface area contributed by atoms with Crippen LogP contribution in [-0.4, -0.2) is 73.8 Å². The molecule has 1 aliphatic heterocycles. The van der Waals surface area contributed by atoms with E-state index in [0.717, 1.165) is 43.1 Å². The Morgan fingerprint density at radius 1 is 0.947 bits per heavy atom. The zero-order chi connectivity index (χ0) is 27.5. The van der Waals surface area contributed by atoms with Gasteiger partial charge in [-0.15, -0.1) is 0 Å². The lowest BCUT2D eigenvalue weighted by Gasteiger charge is -2.34. The van der Waals surface area contributed by atoms with Crippen molar-refractivity contribution in [2.75, 3.05) is 55.4 Å². The standard InChI is InChI=1S/C27H37N7O3S/c1-19-20(2)28-26(30-21-9-11-23(12-10-21)34-15-13-33(5)14-16-34)31-25(19)29-22-7-6-8-24(17-22)38(36,37)32-27(3,4)18-35/h6-12,17,32,35H,13-16,18H2,1-5H3,(H2,28,29,30,31). The summed E-state index contributed by atoms with van der Waals surface area (Å²) in [6.45, 7) is 10.9. The molecule has 0 spiro atoms. The predicted octanol–water partition coefficient (Wildman–Crippen LogP) is 3.38. The van der Waals surface area contributed by atoms with Crippen molar-refractivity contribution >= 4 is 38.9 Å². The van der Waals surface area contributed by atoms with Crippen LogP contribution in [-0.2, 0) is 10.0 Å². The Morgan fingerprint density at radius 3 is 2.29 bits per heavy atom. The molecule has 0 bridgehead atoms. The summed E-state index contributed by atoms with van der Waals surface area (Å²) >= 11 is 0. The Balaban J connectivity index is 1.51. The summed E-state index contributed by atoms with van der Waals surface area (Å²) < 4.78 is 28.2. The molecule has 38 heavy (non-hydrogen) atoms. The molecular weight excluding hydrogens is 502 g/mol. The highest BCUT2D eigenvalue weighted by molar-refractivity contribution is 7.89. The molecule has 204 valence electrons. The third-order valence-corrected chi connectivity index (χ3v) is 8.29. The van der Waals surface area contributed by atoms with Crippen molar-refractivity contribution in [3.63, 3.8) is 0 Å². The van der Waals surface area contributed by atoms with Crippen molar-refractivity contribution < 1.29 is 13.5 Å². The number of nitrogens with one attached hydrogen (secondary N) is 3. The van der Waals surface area contributed by atoms with Gasteiger partial charge in [0.2, 0.25) is 16.0 Å². The second kappa shape index (κ2) is 11.2. The first-order valence-corrected chi connectivity index (χ1v) is 14.1. The Morgan fingerprint density at radius 2 is 1.63 bits per heavy atom. The molecule has 2 aromatic carbocycles. The number of sulfonamides is 1. The van der Waals surface area contributed by atoms with Crippen molar-refractivity contribution in [1.82, 2.24) is 19.6 Å². The number of benzene rings is 2. The van der Waals surface area contributed by atoms with E-state index in [0.29, 0.717) is 17.5 Å². The van der Waals surface area contributed by atoms with Crippen LogP contribution >= 0.6 is 0 Å². The van der Waals surface area contributed by atoms with Gasteiger partial charge in [-0.1, -0.05) is 6.07 Å². The summed E-state index contributed by atoms with van der Waals surface area (Å²) in [4.78, 5) is 14.1. The first kappa shape index (κ1) is 27.8. The topological polar surface area (TPSA) is 123 Å². The van der Waals surface area contributed by atoms with Crippen molar-refractivity contribution in [2.45, 2.75) is 38.1 Å². The minimum absolute atomic E-state index is 0.0891. The lowest BCUT2D eigenvalue weighted by Crippen LogP contribution is -2.46. The van der Waals surface area contributed by atoms with Crippen LogP contribution in [0.1, 0.15) is 25.1 Å². The Labute approximate surface area is 225 Å². The van der Waals surface area contributed by atoms with E-state index in [4.69, 9.17) is 0 Å². The smallest absolute Gasteiger partial charge is 0.241 e. The number of anilines is 5. The molecule has 1 saturated heterocycles. The number of hydrogen-bond acceptors (Lipinski definition) is 9. The summed E-state index contributed by atoms with van der Waals surface area (Å²) in [7, 11) is -1.68. The Bertz CT molecular complexity index is 1370. The highest BCUT2D eigenvalue weighted by atomic mass is 32.2. The minimum atomic E-state index is -3.83. The fourth-order valence-electron chi connectivity index (χ4n) is 4.09. The van der Waals surface area contributed by atoms with E-state index in [2.05, 4.69) is 54.3 Å². The second-order valence-electron chi connectivity index (χ2n) is 10.4. The lowest BCUT2D eigenvalue weighted by molar-refractivity contribution is 0.208. The van der Waals surface area contributed by atoms with Crippen LogP contribution in [0.4, 0.5) is 28.8 Å². The first-order chi connectivity index (χ1) is 18.0. The van der Waals surface area contributed by atoms with Gasteiger partial charge in [-0.25, -0.2) is 18.1 Å². The zero-order valence-electron chi connectivity index (χ0n) is 22.6. The number of piperazine rings is 1. The normalized spacial score (nSPS) is 14.9. The zero-order valence-corrected chi connectivity index (χ0v) is 23.4. The van der Waals surface area contributed by atoms with Crippen LogP contribution in [0.2, 0.25) is 0 Å². The Kier molecular flexibility index (Phi) is 8.22. The van der Waals surface area contributed by atoms with E-state index in [9.17, 15) is 13.5 Å². The first-order valence-electron chi connectivity index (χ1n) is 12.6. The summed E-state index contributed by atoms with van der Waals surface area (Å²) in [5.41, 5.74) is 3.31. The molecule has 0 atom stereocenters. The van der Waals surface area contributed by atoms with Crippen LogP contribution in [0, 0.1) is 13.8 Å². The van der Waals surface area contributed by atoms with Gasteiger partial charge in [0.15, 0.2) is 0 Å². The molecule has 4 N–H and O–H groups in total. The van der Waals surface area contributed by atoms with Crippen LogP contribution < -0.4 is 20.3 Å². The maximum atomic E-state index is 12.8. The number of aliphatic hydroxyl groups is 1. The SMILES string of the molecule is Cc1nc(Nc2ccc(N3CCN(C)CC3)cc2)nc(Nc2cccc(S(=O)(=O)NC(C)(C)CO)c2)c1C. The van der Waals surface area contributed by atoms with Gasteiger partial charge in [-0.05, 0) is 77.2 Å². The predicted molar refractivity (Wildman–Crippen MR) is 152 cm³/mol. The molecule has 3 aromatic rings. The average Bonchev–Trinajstić information content (AvgIpc) is 2.88. The van der Waals surface area contributed by atoms with Gasteiger partial charge in [0.25, 0.3) is 0 Å². The van der Waals surface area contributed by atoms with Crippen molar-refractivity contribution in [2.24, 2.45) is 0 Å².